The number of hydrogen-bond donors (Lipinski definition) is 0. The van der Waals surface area contributed by atoms with E-state index in [1.54, 1.807) is 0 Å². The minimum Gasteiger partial charge on any atom is -0.311 e. The molecule has 0 aromatic heterocycles. The molecule has 0 fully saturated rings. The Bertz CT molecular complexity index is 2040. The zero-order chi connectivity index (χ0) is 29.3. The first-order valence-electron chi connectivity index (χ1n) is 15.2. The Morgan fingerprint density at radius 1 is 0.295 bits per heavy atom. The second-order valence-corrected chi connectivity index (χ2v) is 11.4. The smallest absolute Gasteiger partial charge is 0.0462 e. The third-order valence-electron chi connectivity index (χ3n) is 8.72. The molecule has 0 spiro atoms. The summed E-state index contributed by atoms with van der Waals surface area (Å²) in [5.41, 5.74) is 16.3. The van der Waals surface area contributed by atoms with Crippen LogP contribution in [0.4, 0.5) is 17.1 Å². The molecule has 0 unspecified atom stereocenters. The molecule has 0 heterocycles. The second-order valence-electron chi connectivity index (χ2n) is 11.4. The van der Waals surface area contributed by atoms with Gasteiger partial charge in [0, 0.05) is 17.1 Å². The van der Waals surface area contributed by atoms with Gasteiger partial charge in [-0.3, -0.25) is 0 Å². The van der Waals surface area contributed by atoms with Gasteiger partial charge in [0.25, 0.3) is 0 Å². The van der Waals surface area contributed by atoms with Crippen molar-refractivity contribution >= 4 is 17.1 Å². The maximum atomic E-state index is 2.36. The maximum absolute atomic E-state index is 2.36. The van der Waals surface area contributed by atoms with Crippen molar-refractivity contribution in [3.05, 3.63) is 187 Å². The molecule has 1 nitrogen and oxygen atoms in total. The predicted molar refractivity (Wildman–Crippen MR) is 186 cm³/mol. The first-order valence-corrected chi connectivity index (χ1v) is 15.2. The van der Waals surface area contributed by atoms with E-state index in [4.69, 9.17) is 0 Å². The average molecular weight is 562 g/mol. The fourth-order valence-electron chi connectivity index (χ4n) is 6.42. The number of hydrogen-bond acceptors (Lipinski definition) is 1. The van der Waals surface area contributed by atoms with E-state index in [1.807, 2.05) is 0 Å². The Morgan fingerprint density at radius 2 is 0.705 bits per heavy atom. The van der Waals surface area contributed by atoms with Crippen LogP contribution in [0, 0.1) is 0 Å². The van der Waals surface area contributed by atoms with Crippen molar-refractivity contribution in [2.45, 2.75) is 6.42 Å². The predicted octanol–water partition coefficient (Wildman–Crippen LogP) is 11.7. The highest BCUT2D eigenvalue weighted by molar-refractivity contribution is 5.83. The Morgan fingerprint density at radius 3 is 1.32 bits per heavy atom. The Balaban J connectivity index is 1.09. The van der Waals surface area contributed by atoms with Crippen molar-refractivity contribution < 1.29 is 0 Å². The van der Waals surface area contributed by atoms with E-state index in [1.165, 1.54) is 55.6 Å². The van der Waals surface area contributed by atoms with Crippen molar-refractivity contribution in [1.29, 1.82) is 0 Å². The molecule has 0 atom stereocenters. The molecule has 0 N–H and O–H groups in total. The van der Waals surface area contributed by atoms with Gasteiger partial charge in [-0.15, -0.1) is 0 Å². The lowest BCUT2D eigenvalue weighted by Crippen LogP contribution is -2.09. The van der Waals surface area contributed by atoms with Crippen LogP contribution in [0.1, 0.15) is 11.1 Å². The highest BCUT2D eigenvalue weighted by Crippen LogP contribution is 2.40. The fourth-order valence-corrected chi connectivity index (χ4v) is 6.42. The van der Waals surface area contributed by atoms with Crippen LogP contribution < -0.4 is 4.90 Å². The van der Waals surface area contributed by atoms with Crippen LogP contribution in [0.2, 0.25) is 0 Å². The standard InChI is InChI=1S/C43H31N/c1-3-9-31(10-4-1)32-15-17-33(18-16-32)34-21-25-40(26-22-34)44(39-12-5-2-6-13-39)41-27-23-35(24-28-41)36-19-20-38-29-37-11-7-8-14-42(37)43(38)30-36/h1-28,30H,29H2. The van der Waals surface area contributed by atoms with Crippen LogP contribution in [0.25, 0.3) is 44.5 Å². The fraction of sp³-hybridized carbons (Fsp3) is 0.0233. The van der Waals surface area contributed by atoms with Crippen LogP contribution in [-0.4, -0.2) is 0 Å². The number of anilines is 3. The third-order valence-corrected chi connectivity index (χ3v) is 8.72. The van der Waals surface area contributed by atoms with E-state index in [9.17, 15) is 0 Å². The zero-order valence-electron chi connectivity index (χ0n) is 24.4. The van der Waals surface area contributed by atoms with E-state index >= 15 is 0 Å². The molecule has 0 saturated carbocycles. The summed E-state index contributed by atoms with van der Waals surface area (Å²) in [7, 11) is 0. The number of para-hydroxylation sites is 1. The lowest BCUT2D eigenvalue weighted by molar-refractivity contribution is 1.26. The zero-order valence-corrected chi connectivity index (χ0v) is 24.4. The van der Waals surface area contributed by atoms with E-state index in [0.717, 1.165) is 23.5 Å². The quantitative estimate of drug-likeness (QED) is 0.195. The molecule has 7 aromatic carbocycles. The molecule has 0 amide bonds. The Hall–Kier alpha value is -5.66. The largest absolute Gasteiger partial charge is 0.311 e. The number of nitrogens with zero attached hydrogens (tertiary/aromatic N) is 1. The van der Waals surface area contributed by atoms with E-state index in [-0.39, 0.29) is 0 Å². The summed E-state index contributed by atoms with van der Waals surface area (Å²) in [6.45, 7) is 0. The first kappa shape index (κ1) is 26.0. The lowest BCUT2D eigenvalue weighted by atomic mass is 9.98. The second kappa shape index (κ2) is 11.2. The first-order chi connectivity index (χ1) is 21.8. The Labute approximate surface area is 259 Å². The van der Waals surface area contributed by atoms with Gasteiger partial charge in [-0.1, -0.05) is 133 Å². The monoisotopic (exact) mass is 561 g/mol. The molecule has 0 aliphatic heterocycles. The summed E-state index contributed by atoms with van der Waals surface area (Å²) in [4.78, 5) is 2.32. The van der Waals surface area contributed by atoms with E-state index in [2.05, 4.69) is 181 Å². The molecule has 1 aliphatic carbocycles. The number of fused-ring (bicyclic) bond motifs is 3. The lowest BCUT2D eigenvalue weighted by Gasteiger charge is -2.26. The van der Waals surface area contributed by atoms with Gasteiger partial charge in [-0.05, 0) is 105 Å². The summed E-state index contributed by atoms with van der Waals surface area (Å²) in [6.07, 6.45) is 1.02. The molecule has 208 valence electrons. The minimum atomic E-state index is 1.02. The molecule has 0 bridgehead atoms. The van der Waals surface area contributed by atoms with Crippen LogP contribution in [-0.2, 0) is 6.42 Å². The van der Waals surface area contributed by atoms with E-state index < -0.39 is 0 Å². The molecule has 1 heteroatoms. The Kier molecular flexibility index (Phi) is 6.62. The minimum absolute atomic E-state index is 1.02. The summed E-state index contributed by atoms with van der Waals surface area (Å²) < 4.78 is 0. The van der Waals surface area contributed by atoms with Crippen LogP contribution in [0.3, 0.4) is 0 Å². The molecule has 7 aromatic rings. The van der Waals surface area contributed by atoms with Crippen molar-refractivity contribution in [1.82, 2.24) is 0 Å². The molecular formula is C43H31N. The molecular weight excluding hydrogens is 530 g/mol. The SMILES string of the molecule is c1ccc(-c2ccc(-c3ccc(N(c4ccccc4)c4ccc(-c5ccc6c(c5)-c5ccccc5C6)cc4)cc3)cc2)cc1. The van der Waals surface area contributed by atoms with Gasteiger partial charge in [-0.2, -0.15) is 0 Å². The highest BCUT2D eigenvalue weighted by Gasteiger charge is 2.19. The molecule has 0 saturated heterocycles. The highest BCUT2D eigenvalue weighted by atomic mass is 15.1. The topological polar surface area (TPSA) is 3.24 Å². The van der Waals surface area contributed by atoms with Crippen molar-refractivity contribution in [2.75, 3.05) is 4.90 Å². The maximum Gasteiger partial charge on any atom is 0.0462 e. The summed E-state index contributed by atoms with van der Waals surface area (Å²) in [6, 6.07) is 63.5. The molecule has 44 heavy (non-hydrogen) atoms. The van der Waals surface area contributed by atoms with Crippen molar-refractivity contribution in [2.24, 2.45) is 0 Å². The van der Waals surface area contributed by atoms with Crippen LogP contribution in [0.5, 0.6) is 0 Å². The summed E-state index contributed by atoms with van der Waals surface area (Å²) >= 11 is 0. The normalized spacial score (nSPS) is 11.5. The van der Waals surface area contributed by atoms with E-state index in [0.29, 0.717) is 0 Å². The van der Waals surface area contributed by atoms with Gasteiger partial charge in [0.15, 0.2) is 0 Å². The van der Waals surface area contributed by atoms with Crippen molar-refractivity contribution in [3.8, 4) is 44.5 Å². The van der Waals surface area contributed by atoms with Crippen molar-refractivity contribution in [3.63, 3.8) is 0 Å². The van der Waals surface area contributed by atoms with Gasteiger partial charge < -0.3 is 4.90 Å². The molecule has 8 rings (SSSR count). The summed E-state index contributed by atoms with van der Waals surface area (Å²) in [5.74, 6) is 0. The van der Waals surface area contributed by atoms with Crippen LogP contribution in [0.15, 0.2) is 176 Å². The van der Waals surface area contributed by atoms with Gasteiger partial charge in [0.05, 0.1) is 0 Å². The summed E-state index contributed by atoms with van der Waals surface area (Å²) in [5, 5.41) is 0. The molecule has 1 aliphatic rings. The van der Waals surface area contributed by atoms with Gasteiger partial charge in [-0.25, -0.2) is 0 Å². The van der Waals surface area contributed by atoms with Crippen LogP contribution >= 0.6 is 0 Å². The van der Waals surface area contributed by atoms with Gasteiger partial charge in [0.1, 0.15) is 0 Å². The third kappa shape index (κ3) is 4.89. The number of benzene rings is 7. The van der Waals surface area contributed by atoms with Gasteiger partial charge in [0.2, 0.25) is 0 Å². The number of rotatable bonds is 6. The average Bonchev–Trinajstić information content (AvgIpc) is 3.48. The molecule has 0 radical (unpaired) electrons. The van der Waals surface area contributed by atoms with Gasteiger partial charge >= 0.3 is 0 Å².